The summed E-state index contributed by atoms with van der Waals surface area (Å²) in [6.45, 7) is 10.6. The first kappa shape index (κ1) is 13.9. The van der Waals surface area contributed by atoms with Gasteiger partial charge in [-0.3, -0.25) is 4.90 Å². The van der Waals surface area contributed by atoms with Crippen LogP contribution >= 0.6 is 0 Å². The molecule has 0 unspecified atom stereocenters. The van der Waals surface area contributed by atoms with Crippen LogP contribution in [0.15, 0.2) is 42.6 Å². The van der Waals surface area contributed by atoms with Gasteiger partial charge in [-0.15, -0.1) is 0 Å². The van der Waals surface area contributed by atoms with Gasteiger partial charge in [0, 0.05) is 38.1 Å². The maximum absolute atomic E-state index is 2.52. The zero-order valence-electron chi connectivity index (χ0n) is 12.3. The molecule has 2 heterocycles. The number of benzene rings is 1. The van der Waals surface area contributed by atoms with Crippen molar-refractivity contribution in [3.05, 3.63) is 59.4 Å². The van der Waals surface area contributed by atoms with Crippen LogP contribution in [0.3, 0.4) is 0 Å². The van der Waals surface area contributed by atoms with E-state index in [-0.39, 0.29) is 0 Å². The first-order valence-corrected chi connectivity index (χ1v) is 7.23. The quantitative estimate of drug-likeness (QED) is 0.792. The topological polar surface area (TPSA) is 8.17 Å². The zero-order valence-corrected chi connectivity index (χ0v) is 12.3. The van der Waals surface area contributed by atoms with Gasteiger partial charge < -0.3 is 4.57 Å². The Hall–Kier alpha value is -1.54. The molecule has 0 amide bonds. The van der Waals surface area contributed by atoms with Gasteiger partial charge in [-0.05, 0) is 24.1 Å². The van der Waals surface area contributed by atoms with E-state index in [4.69, 9.17) is 0 Å². The van der Waals surface area contributed by atoms with Crippen molar-refractivity contribution in [2.45, 2.75) is 40.4 Å². The van der Waals surface area contributed by atoms with Gasteiger partial charge in [0.1, 0.15) is 0 Å². The van der Waals surface area contributed by atoms with Crippen LogP contribution in [0, 0.1) is 6.92 Å². The molecule has 1 aliphatic heterocycles. The molecule has 0 saturated heterocycles. The van der Waals surface area contributed by atoms with Crippen molar-refractivity contribution in [2.75, 3.05) is 6.54 Å². The Labute approximate surface area is 116 Å². The van der Waals surface area contributed by atoms with E-state index < -0.39 is 0 Å². The van der Waals surface area contributed by atoms with Crippen molar-refractivity contribution < 1.29 is 0 Å². The average molecular weight is 256 g/mol. The van der Waals surface area contributed by atoms with E-state index in [0.29, 0.717) is 0 Å². The molecule has 1 aliphatic rings. The molecule has 2 heteroatoms. The van der Waals surface area contributed by atoms with E-state index in [1.165, 1.54) is 16.8 Å². The van der Waals surface area contributed by atoms with E-state index in [9.17, 15) is 0 Å². The first-order chi connectivity index (χ1) is 9.31. The monoisotopic (exact) mass is 256 g/mol. The summed E-state index contributed by atoms with van der Waals surface area (Å²) in [4.78, 5) is 2.52. The van der Waals surface area contributed by atoms with Crippen LogP contribution in [0.1, 0.15) is 30.7 Å². The Morgan fingerprint density at radius 1 is 1.05 bits per heavy atom. The fourth-order valence-electron chi connectivity index (χ4n) is 2.59. The predicted octanol–water partition coefficient (Wildman–Crippen LogP) is 3.84. The molecule has 3 rings (SSSR count). The van der Waals surface area contributed by atoms with Gasteiger partial charge in [0.15, 0.2) is 0 Å². The van der Waals surface area contributed by atoms with Gasteiger partial charge in [-0.25, -0.2) is 0 Å². The van der Waals surface area contributed by atoms with Crippen molar-refractivity contribution in [1.29, 1.82) is 0 Å². The van der Waals surface area contributed by atoms with Crippen molar-refractivity contribution in [1.82, 2.24) is 9.47 Å². The fourth-order valence-corrected chi connectivity index (χ4v) is 2.59. The molecule has 0 bridgehead atoms. The summed E-state index contributed by atoms with van der Waals surface area (Å²) in [5, 5.41) is 0. The lowest BCUT2D eigenvalue weighted by molar-refractivity contribution is 0.213. The standard InChI is InChI=1S/C15H18N2.C2H6/c1-13-9-15-12-16(7-8-17(15)10-13)11-14-5-3-2-4-6-14;1-2/h2-6,9-10H,7-8,11-12H2,1H3;1-2H3. The Morgan fingerprint density at radius 3 is 2.53 bits per heavy atom. The SMILES string of the molecule is CC.Cc1cc2n(c1)CCN(Cc1ccccc1)C2. The largest absolute Gasteiger partial charge is 0.349 e. The van der Waals surface area contributed by atoms with Crippen LogP contribution < -0.4 is 0 Å². The highest BCUT2D eigenvalue weighted by atomic mass is 15.2. The third-order valence-corrected chi connectivity index (χ3v) is 3.41. The molecule has 0 N–H and O–H groups in total. The average Bonchev–Trinajstić information content (AvgIpc) is 2.81. The van der Waals surface area contributed by atoms with E-state index >= 15 is 0 Å². The highest BCUT2D eigenvalue weighted by Crippen LogP contribution is 2.17. The number of fused-ring (bicyclic) bond motifs is 1. The minimum Gasteiger partial charge on any atom is -0.349 e. The second kappa shape index (κ2) is 6.58. The summed E-state index contributed by atoms with van der Waals surface area (Å²) in [6, 6.07) is 13.0. The van der Waals surface area contributed by atoms with Crippen molar-refractivity contribution in [3.63, 3.8) is 0 Å². The highest BCUT2D eigenvalue weighted by Gasteiger charge is 2.16. The normalized spacial score (nSPS) is 14.5. The molecule has 102 valence electrons. The molecular formula is C17H24N2. The van der Waals surface area contributed by atoms with Crippen LogP contribution in [0.5, 0.6) is 0 Å². The summed E-state index contributed by atoms with van der Waals surface area (Å²) in [5.74, 6) is 0. The molecule has 0 radical (unpaired) electrons. The van der Waals surface area contributed by atoms with E-state index in [1.54, 1.807) is 0 Å². The Bertz CT molecular complexity index is 499. The number of nitrogens with zero attached hydrogens (tertiary/aromatic N) is 2. The minimum absolute atomic E-state index is 1.06. The van der Waals surface area contributed by atoms with Crippen LogP contribution in [0.4, 0.5) is 0 Å². The third-order valence-electron chi connectivity index (χ3n) is 3.41. The molecule has 0 aliphatic carbocycles. The van der Waals surface area contributed by atoms with E-state index in [0.717, 1.165) is 26.2 Å². The van der Waals surface area contributed by atoms with Crippen LogP contribution in [0.2, 0.25) is 0 Å². The number of hydrogen-bond acceptors (Lipinski definition) is 1. The summed E-state index contributed by atoms with van der Waals surface area (Å²) in [5.41, 5.74) is 4.23. The lowest BCUT2D eigenvalue weighted by atomic mass is 10.2. The lowest BCUT2D eigenvalue weighted by Crippen LogP contribution is -2.32. The molecule has 0 saturated carbocycles. The summed E-state index contributed by atoms with van der Waals surface area (Å²) < 4.78 is 2.39. The molecule has 1 aromatic heterocycles. The van der Waals surface area contributed by atoms with Gasteiger partial charge in [0.2, 0.25) is 0 Å². The van der Waals surface area contributed by atoms with Crippen molar-refractivity contribution >= 4 is 0 Å². The maximum atomic E-state index is 2.52. The van der Waals surface area contributed by atoms with E-state index in [1.807, 2.05) is 13.8 Å². The smallest absolute Gasteiger partial charge is 0.0391 e. The van der Waals surface area contributed by atoms with Crippen molar-refractivity contribution in [3.8, 4) is 0 Å². The number of aryl methyl sites for hydroxylation is 1. The predicted molar refractivity (Wildman–Crippen MR) is 81.1 cm³/mol. The molecule has 19 heavy (non-hydrogen) atoms. The van der Waals surface area contributed by atoms with Crippen molar-refractivity contribution in [2.24, 2.45) is 0 Å². The molecule has 2 aromatic rings. The molecule has 0 spiro atoms. The number of hydrogen-bond donors (Lipinski definition) is 0. The maximum Gasteiger partial charge on any atom is 0.0391 e. The van der Waals surface area contributed by atoms with Gasteiger partial charge in [-0.2, -0.15) is 0 Å². The zero-order chi connectivity index (χ0) is 13.7. The molecule has 0 fully saturated rings. The van der Waals surface area contributed by atoms with Crippen LogP contribution in [-0.4, -0.2) is 16.0 Å². The summed E-state index contributed by atoms with van der Waals surface area (Å²) in [7, 11) is 0. The number of rotatable bonds is 2. The van der Waals surface area contributed by atoms with Gasteiger partial charge >= 0.3 is 0 Å². The Kier molecular flexibility index (Phi) is 4.80. The summed E-state index contributed by atoms with van der Waals surface area (Å²) >= 11 is 0. The third kappa shape index (κ3) is 3.48. The van der Waals surface area contributed by atoms with Crippen LogP contribution in [0.25, 0.3) is 0 Å². The number of aromatic nitrogens is 1. The summed E-state index contributed by atoms with van der Waals surface area (Å²) in [6.07, 6.45) is 2.26. The van der Waals surface area contributed by atoms with Gasteiger partial charge in [0.25, 0.3) is 0 Å². The minimum atomic E-state index is 1.06. The molecular weight excluding hydrogens is 232 g/mol. The second-order valence-corrected chi connectivity index (χ2v) is 4.90. The lowest BCUT2D eigenvalue weighted by Gasteiger charge is -2.28. The second-order valence-electron chi connectivity index (χ2n) is 4.90. The first-order valence-electron chi connectivity index (χ1n) is 7.23. The van der Waals surface area contributed by atoms with Crippen LogP contribution in [-0.2, 0) is 19.6 Å². The van der Waals surface area contributed by atoms with E-state index in [2.05, 4.69) is 59.0 Å². The molecule has 2 nitrogen and oxygen atoms in total. The van der Waals surface area contributed by atoms with Gasteiger partial charge in [-0.1, -0.05) is 44.2 Å². The molecule has 0 atom stereocenters. The highest BCUT2D eigenvalue weighted by molar-refractivity contribution is 5.19. The Balaban J connectivity index is 0.000000637. The molecule has 1 aromatic carbocycles. The Morgan fingerprint density at radius 2 is 1.79 bits per heavy atom. The van der Waals surface area contributed by atoms with Gasteiger partial charge in [0.05, 0.1) is 0 Å². The fraction of sp³-hybridized carbons (Fsp3) is 0.412.